The first kappa shape index (κ1) is 17.9. The lowest BCUT2D eigenvalue weighted by Gasteiger charge is -2.10. The van der Waals surface area contributed by atoms with Crippen molar-refractivity contribution in [3.8, 4) is 11.8 Å². The Morgan fingerprint density at radius 3 is 2.60 bits per heavy atom. The minimum atomic E-state index is -0.196. The fraction of sp³-hybridized carbons (Fsp3) is 0.0417. The lowest BCUT2D eigenvalue weighted by molar-refractivity contribution is 0.102. The van der Waals surface area contributed by atoms with Gasteiger partial charge in [0.15, 0.2) is 0 Å². The predicted molar refractivity (Wildman–Crippen MR) is 117 cm³/mol. The van der Waals surface area contributed by atoms with Gasteiger partial charge in [0.05, 0.1) is 0 Å². The molecule has 0 fully saturated rings. The van der Waals surface area contributed by atoms with Gasteiger partial charge in [-0.25, -0.2) is 9.97 Å². The van der Waals surface area contributed by atoms with Crippen LogP contribution in [0.25, 0.3) is 21.7 Å². The van der Waals surface area contributed by atoms with Crippen LogP contribution >= 0.6 is 0 Å². The highest BCUT2D eigenvalue weighted by atomic mass is 16.5. The fourth-order valence-electron chi connectivity index (χ4n) is 3.48. The van der Waals surface area contributed by atoms with Gasteiger partial charge in [0.2, 0.25) is 0 Å². The molecular formula is C24H18N4O2. The highest BCUT2D eigenvalue weighted by Gasteiger charge is 2.13. The molecule has 0 atom stereocenters. The molecular weight excluding hydrogens is 376 g/mol. The molecule has 0 aliphatic rings. The van der Waals surface area contributed by atoms with Crippen LogP contribution in [0.3, 0.4) is 0 Å². The number of hydrogen-bond donors (Lipinski definition) is 2. The monoisotopic (exact) mass is 394 g/mol. The summed E-state index contributed by atoms with van der Waals surface area (Å²) in [7, 11) is 0. The lowest BCUT2D eigenvalue weighted by Crippen LogP contribution is -2.13. The zero-order valence-corrected chi connectivity index (χ0v) is 16.2. The quantitative estimate of drug-likeness (QED) is 0.424. The van der Waals surface area contributed by atoms with Crippen LogP contribution in [0.4, 0.5) is 5.69 Å². The summed E-state index contributed by atoms with van der Waals surface area (Å²) in [6.45, 7) is 1.91. The van der Waals surface area contributed by atoms with Crippen LogP contribution in [-0.4, -0.2) is 20.9 Å². The van der Waals surface area contributed by atoms with E-state index >= 15 is 0 Å². The molecule has 3 aromatic carbocycles. The van der Waals surface area contributed by atoms with Gasteiger partial charge in [-0.1, -0.05) is 30.3 Å². The van der Waals surface area contributed by atoms with Gasteiger partial charge in [0.25, 0.3) is 5.91 Å². The van der Waals surface area contributed by atoms with E-state index < -0.39 is 0 Å². The molecule has 5 aromatic rings. The number of fused-ring (bicyclic) bond motifs is 3. The van der Waals surface area contributed by atoms with Crippen molar-refractivity contribution >= 4 is 33.3 Å². The number of hydrogen-bond acceptors (Lipinski definition) is 4. The normalized spacial score (nSPS) is 11.0. The van der Waals surface area contributed by atoms with Gasteiger partial charge in [-0.2, -0.15) is 0 Å². The van der Waals surface area contributed by atoms with Crippen molar-refractivity contribution in [1.29, 1.82) is 0 Å². The third-order valence-electron chi connectivity index (χ3n) is 4.97. The smallest absolute Gasteiger partial charge is 0.321 e. The van der Waals surface area contributed by atoms with Gasteiger partial charge in [0, 0.05) is 29.0 Å². The average molecular weight is 394 g/mol. The van der Waals surface area contributed by atoms with Crippen molar-refractivity contribution in [2.75, 3.05) is 5.32 Å². The summed E-state index contributed by atoms with van der Waals surface area (Å²) in [5, 5.41) is 6.26. The minimum absolute atomic E-state index is 0.196. The molecule has 0 bridgehead atoms. The Kier molecular flexibility index (Phi) is 4.37. The van der Waals surface area contributed by atoms with Crippen LogP contribution in [0.5, 0.6) is 11.8 Å². The molecule has 0 radical (unpaired) electrons. The zero-order chi connectivity index (χ0) is 20.5. The molecule has 0 aliphatic carbocycles. The maximum absolute atomic E-state index is 12.9. The Balaban J connectivity index is 1.39. The van der Waals surface area contributed by atoms with Crippen molar-refractivity contribution in [1.82, 2.24) is 15.0 Å². The first-order valence-electron chi connectivity index (χ1n) is 9.55. The number of amides is 1. The second-order valence-corrected chi connectivity index (χ2v) is 7.00. The van der Waals surface area contributed by atoms with Crippen LogP contribution in [-0.2, 0) is 0 Å². The molecule has 0 saturated carbocycles. The molecule has 6 heteroatoms. The SMILES string of the molecule is Cc1cc(Oc2ncccn2)ccc1NC(=O)c1cc2c(ccc3ccccc32)[nH]1. The maximum Gasteiger partial charge on any atom is 0.321 e. The number of nitrogens with zero attached hydrogens (tertiary/aromatic N) is 2. The third-order valence-corrected chi connectivity index (χ3v) is 4.97. The highest BCUT2D eigenvalue weighted by molar-refractivity contribution is 6.12. The summed E-state index contributed by atoms with van der Waals surface area (Å²) in [5.41, 5.74) is 3.03. The van der Waals surface area contributed by atoms with E-state index in [9.17, 15) is 4.79 Å². The first-order chi connectivity index (χ1) is 14.7. The second-order valence-electron chi connectivity index (χ2n) is 7.00. The van der Waals surface area contributed by atoms with E-state index in [2.05, 4.69) is 38.5 Å². The van der Waals surface area contributed by atoms with Crippen molar-refractivity contribution < 1.29 is 9.53 Å². The largest absolute Gasteiger partial charge is 0.424 e. The van der Waals surface area contributed by atoms with Crippen molar-refractivity contribution in [3.63, 3.8) is 0 Å². The Hall–Kier alpha value is -4.19. The number of ether oxygens (including phenoxy) is 1. The number of carbonyl (C=O) groups excluding carboxylic acids is 1. The predicted octanol–water partition coefficient (Wildman–Crippen LogP) is 5.46. The molecule has 0 aliphatic heterocycles. The van der Waals surface area contributed by atoms with Gasteiger partial charge < -0.3 is 15.0 Å². The van der Waals surface area contributed by atoms with Crippen LogP contribution in [0.2, 0.25) is 0 Å². The summed E-state index contributed by atoms with van der Waals surface area (Å²) in [4.78, 5) is 24.2. The first-order valence-corrected chi connectivity index (χ1v) is 9.55. The number of aromatic nitrogens is 3. The number of aryl methyl sites for hydroxylation is 1. The van der Waals surface area contributed by atoms with Gasteiger partial charge in [-0.3, -0.25) is 4.79 Å². The number of benzene rings is 3. The molecule has 2 N–H and O–H groups in total. The van der Waals surface area contributed by atoms with Crippen LogP contribution in [0.1, 0.15) is 16.1 Å². The average Bonchev–Trinajstić information content (AvgIpc) is 3.21. The van der Waals surface area contributed by atoms with E-state index in [0.717, 1.165) is 27.2 Å². The standard InChI is InChI=1S/C24H18N4O2/c1-15-13-17(30-24-25-11-4-12-26-24)8-10-20(15)28-23(29)22-14-19-18-6-3-2-5-16(18)7-9-21(19)27-22/h2-14,27H,1H3,(H,28,29). The molecule has 146 valence electrons. The van der Waals surface area contributed by atoms with Crippen LogP contribution < -0.4 is 10.1 Å². The number of H-pyrrole nitrogens is 1. The third kappa shape index (κ3) is 3.35. The molecule has 5 rings (SSSR count). The molecule has 2 aromatic heterocycles. The van der Waals surface area contributed by atoms with E-state index in [1.54, 1.807) is 24.5 Å². The molecule has 2 heterocycles. The Labute approximate surface area is 172 Å². The van der Waals surface area contributed by atoms with Crippen molar-refractivity contribution in [3.05, 3.63) is 90.4 Å². The number of aromatic amines is 1. The van der Waals surface area contributed by atoms with E-state index in [-0.39, 0.29) is 11.9 Å². The number of nitrogens with one attached hydrogen (secondary N) is 2. The molecule has 0 spiro atoms. The van der Waals surface area contributed by atoms with Crippen LogP contribution in [0, 0.1) is 6.92 Å². The maximum atomic E-state index is 12.9. The van der Waals surface area contributed by atoms with E-state index in [4.69, 9.17) is 4.74 Å². The summed E-state index contributed by atoms with van der Waals surface area (Å²) in [5.74, 6) is 0.409. The van der Waals surface area contributed by atoms with E-state index in [1.165, 1.54) is 0 Å². The summed E-state index contributed by atoms with van der Waals surface area (Å²) in [6.07, 6.45) is 3.24. The Morgan fingerprint density at radius 1 is 0.933 bits per heavy atom. The van der Waals surface area contributed by atoms with Gasteiger partial charge in [-0.05, 0) is 59.7 Å². The topological polar surface area (TPSA) is 79.9 Å². The van der Waals surface area contributed by atoms with Gasteiger partial charge >= 0.3 is 6.01 Å². The van der Waals surface area contributed by atoms with Crippen molar-refractivity contribution in [2.45, 2.75) is 6.92 Å². The molecule has 30 heavy (non-hydrogen) atoms. The van der Waals surface area contributed by atoms with Crippen molar-refractivity contribution in [2.24, 2.45) is 0 Å². The molecule has 0 unspecified atom stereocenters. The zero-order valence-electron chi connectivity index (χ0n) is 16.2. The van der Waals surface area contributed by atoms with Gasteiger partial charge in [-0.15, -0.1) is 0 Å². The second kappa shape index (κ2) is 7.33. The fourth-order valence-corrected chi connectivity index (χ4v) is 3.48. The molecule has 6 nitrogen and oxygen atoms in total. The van der Waals surface area contributed by atoms with E-state index in [1.807, 2.05) is 43.3 Å². The number of rotatable bonds is 4. The Morgan fingerprint density at radius 2 is 1.77 bits per heavy atom. The van der Waals surface area contributed by atoms with E-state index in [0.29, 0.717) is 17.1 Å². The van der Waals surface area contributed by atoms with Gasteiger partial charge in [0.1, 0.15) is 11.4 Å². The summed E-state index contributed by atoms with van der Waals surface area (Å²) in [6, 6.07) is 21.5. The van der Waals surface area contributed by atoms with Crippen LogP contribution in [0.15, 0.2) is 79.1 Å². The molecule has 1 amide bonds. The molecule has 0 saturated heterocycles. The number of carbonyl (C=O) groups is 1. The number of anilines is 1. The summed E-state index contributed by atoms with van der Waals surface area (Å²) >= 11 is 0. The highest BCUT2D eigenvalue weighted by Crippen LogP contribution is 2.27. The summed E-state index contributed by atoms with van der Waals surface area (Å²) < 4.78 is 5.64. The minimum Gasteiger partial charge on any atom is -0.424 e. The lowest BCUT2D eigenvalue weighted by atomic mass is 10.1. The Bertz CT molecular complexity index is 1380.